The molecule has 0 radical (unpaired) electrons. The fourth-order valence-electron chi connectivity index (χ4n) is 3.13. The molecule has 0 saturated carbocycles. The first kappa shape index (κ1) is 28.6. The van der Waals surface area contributed by atoms with Crippen molar-refractivity contribution < 1.29 is 9.90 Å². The Morgan fingerprint density at radius 3 is 2.50 bits per heavy atom. The molecule has 0 saturated heterocycles. The maximum Gasteiger partial charge on any atom is 0.251 e. The highest BCUT2D eigenvalue weighted by atomic mass is 127. The summed E-state index contributed by atoms with van der Waals surface area (Å²) >= 11 is 0. The van der Waals surface area contributed by atoms with Gasteiger partial charge in [-0.2, -0.15) is 0 Å². The Bertz CT molecular complexity index is 637. The van der Waals surface area contributed by atoms with Gasteiger partial charge in [0, 0.05) is 31.3 Å². The summed E-state index contributed by atoms with van der Waals surface area (Å²) < 4.78 is 0. The van der Waals surface area contributed by atoms with Crippen molar-refractivity contribution in [3.05, 3.63) is 35.4 Å². The van der Waals surface area contributed by atoms with Gasteiger partial charge in [0.2, 0.25) is 0 Å². The van der Waals surface area contributed by atoms with Gasteiger partial charge in [-0.15, -0.1) is 24.0 Å². The number of carbonyl (C=O) groups is 1. The maximum absolute atomic E-state index is 12.3. The van der Waals surface area contributed by atoms with Crippen molar-refractivity contribution in [3.63, 3.8) is 0 Å². The number of aliphatic hydroxyl groups is 1. The van der Waals surface area contributed by atoms with Crippen LogP contribution in [0.3, 0.4) is 0 Å². The molecule has 0 aliphatic carbocycles. The second-order valence-corrected chi connectivity index (χ2v) is 8.07. The number of benzene rings is 1. The van der Waals surface area contributed by atoms with Crippen LogP contribution >= 0.6 is 24.0 Å². The van der Waals surface area contributed by atoms with Crippen LogP contribution in [0.5, 0.6) is 0 Å². The molecule has 1 aromatic carbocycles. The third-order valence-electron chi connectivity index (χ3n) is 4.84. The summed E-state index contributed by atoms with van der Waals surface area (Å²) in [6, 6.07) is 7.78. The highest BCUT2D eigenvalue weighted by Gasteiger charge is 2.12. The molecule has 1 amide bonds. The SMILES string of the molecule is CCNC(=NCc1cccc(C(=O)NC(C)CC)c1)NCC(CCO)CC(C)C.I. The lowest BCUT2D eigenvalue weighted by molar-refractivity contribution is 0.0939. The molecular formula is C23H41IN4O2. The smallest absolute Gasteiger partial charge is 0.251 e. The van der Waals surface area contributed by atoms with Gasteiger partial charge in [-0.3, -0.25) is 4.79 Å². The van der Waals surface area contributed by atoms with Crippen LogP contribution in [0.4, 0.5) is 0 Å². The molecule has 1 rings (SSSR count). The minimum Gasteiger partial charge on any atom is -0.396 e. The Labute approximate surface area is 199 Å². The molecule has 6 nitrogen and oxygen atoms in total. The molecule has 0 bridgehead atoms. The minimum absolute atomic E-state index is 0. The predicted molar refractivity (Wildman–Crippen MR) is 137 cm³/mol. The average molecular weight is 533 g/mol. The van der Waals surface area contributed by atoms with E-state index in [-0.39, 0.29) is 42.5 Å². The van der Waals surface area contributed by atoms with Gasteiger partial charge in [-0.05, 0) is 62.6 Å². The molecule has 2 unspecified atom stereocenters. The minimum atomic E-state index is -0.0456. The van der Waals surface area contributed by atoms with Gasteiger partial charge in [0.1, 0.15) is 0 Å². The van der Waals surface area contributed by atoms with Crippen molar-refractivity contribution in [2.24, 2.45) is 16.8 Å². The number of aliphatic hydroxyl groups excluding tert-OH is 1. The first-order valence-electron chi connectivity index (χ1n) is 10.9. The molecule has 7 heteroatoms. The Balaban J connectivity index is 0.00000841. The molecule has 0 aliphatic heterocycles. The van der Waals surface area contributed by atoms with E-state index >= 15 is 0 Å². The summed E-state index contributed by atoms with van der Waals surface area (Å²) in [7, 11) is 0. The summed E-state index contributed by atoms with van der Waals surface area (Å²) in [5, 5.41) is 19.0. The van der Waals surface area contributed by atoms with Crippen LogP contribution in [0.15, 0.2) is 29.3 Å². The highest BCUT2D eigenvalue weighted by Crippen LogP contribution is 2.14. The van der Waals surface area contributed by atoms with Crippen molar-refractivity contribution in [3.8, 4) is 0 Å². The Hall–Kier alpha value is -1.35. The summed E-state index contributed by atoms with van der Waals surface area (Å²) in [6.07, 6.45) is 2.76. The molecular weight excluding hydrogens is 491 g/mol. The zero-order valence-electron chi connectivity index (χ0n) is 19.2. The number of hydrogen-bond donors (Lipinski definition) is 4. The molecule has 4 N–H and O–H groups in total. The molecule has 1 aromatic rings. The van der Waals surface area contributed by atoms with Crippen LogP contribution in [-0.4, -0.2) is 42.7 Å². The summed E-state index contributed by atoms with van der Waals surface area (Å²) in [5.41, 5.74) is 1.66. The van der Waals surface area contributed by atoms with Crippen molar-refractivity contribution in [2.45, 2.75) is 66.5 Å². The van der Waals surface area contributed by atoms with E-state index in [2.05, 4.69) is 41.7 Å². The first-order chi connectivity index (χ1) is 13.9. The topological polar surface area (TPSA) is 85.8 Å². The number of nitrogens with zero attached hydrogens (tertiary/aromatic N) is 1. The van der Waals surface area contributed by atoms with Crippen LogP contribution in [0.25, 0.3) is 0 Å². The number of hydrogen-bond acceptors (Lipinski definition) is 3. The third-order valence-corrected chi connectivity index (χ3v) is 4.84. The van der Waals surface area contributed by atoms with Crippen LogP contribution in [0, 0.1) is 11.8 Å². The quantitative estimate of drug-likeness (QED) is 0.187. The molecule has 30 heavy (non-hydrogen) atoms. The van der Waals surface area contributed by atoms with E-state index in [0.29, 0.717) is 23.9 Å². The zero-order chi connectivity index (χ0) is 21.6. The van der Waals surface area contributed by atoms with Gasteiger partial charge in [-0.25, -0.2) is 4.99 Å². The fraction of sp³-hybridized carbons (Fsp3) is 0.652. The number of nitrogens with one attached hydrogen (secondary N) is 3. The molecule has 0 aromatic heterocycles. The maximum atomic E-state index is 12.3. The summed E-state index contributed by atoms with van der Waals surface area (Å²) in [4.78, 5) is 17.0. The average Bonchev–Trinajstić information content (AvgIpc) is 2.69. The third kappa shape index (κ3) is 11.7. The van der Waals surface area contributed by atoms with Gasteiger partial charge in [0.15, 0.2) is 5.96 Å². The highest BCUT2D eigenvalue weighted by molar-refractivity contribution is 14.0. The monoisotopic (exact) mass is 532 g/mol. The van der Waals surface area contributed by atoms with Crippen LogP contribution in [-0.2, 0) is 6.54 Å². The number of carbonyl (C=O) groups excluding carboxylic acids is 1. The van der Waals surface area contributed by atoms with E-state index in [4.69, 9.17) is 0 Å². The predicted octanol–water partition coefficient (Wildman–Crippen LogP) is 3.93. The molecule has 2 atom stereocenters. The zero-order valence-corrected chi connectivity index (χ0v) is 21.5. The second kappa shape index (κ2) is 16.4. The molecule has 0 fully saturated rings. The van der Waals surface area contributed by atoms with Gasteiger partial charge >= 0.3 is 0 Å². The second-order valence-electron chi connectivity index (χ2n) is 8.07. The lowest BCUT2D eigenvalue weighted by Gasteiger charge is -2.20. The van der Waals surface area contributed by atoms with Crippen LogP contribution in [0.2, 0.25) is 0 Å². The molecule has 0 aliphatic rings. The van der Waals surface area contributed by atoms with Gasteiger partial charge in [-0.1, -0.05) is 32.9 Å². The van der Waals surface area contributed by atoms with Crippen LogP contribution < -0.4 is 16.0 Å². The first-order valence-corrected chi connectivity index (χ1v) is 10.9. The van der Waals surface area contributed by atoms with Crippen molar-refractivity contribution in [2.75, 3.05) is 19.7 Å². The Morgan fingerprint density at radius 1 is 1.17 bits per heavy atom. The summed E-state index contributed by atoms with van der Waals surface area (Å²) in [5.74, 6) is 1.72. The fourth-order valence-corrected chi connectivity index (χ4v) is 3.13. The molecule has 172 valence electrons. The standard InChI is InChI=1S/C23H40N4O2.HI/c1-6-18(5)27-22(29)21-10-8-9-19(14-21)15-25-23(24-7-2)26-16-20(11-12-28)13-17(3)4;/h8-10,14,17-18,20,28H,6-7,11-13,15-16H2,1-5H3,(H,27,29)(H2,24,25,26);1H. The van der Waals surface area contributed by atoms with Gasteiger partial charge < -0.3 is 21.1 Å². The number of amides is 1. The van der Waals surface area contributed by atoms with E-state index in [1.165, 1.54) is 0 Å². The van der Waals surface area contributed by atoms with Crippen LogP contribution in [0.1, 0.15) is 69.8 Å². The van der Waals surface area contributed by atoms with E-state index in [1.54, 1.807) is 0 Å². The van der Waals surface area contributed by atoms with E-state index in [1.807, 2.05) is 38.1 Å². The van der Waals surface area contributed by atoms with E-state index in [0.717, 1.165) is 43.9 Å². The number of halogens is 1. The number of rotatable bonds is 12. The number of guanidine groups is 1. The normalized spacial score (nSPS) is 13.4. The Morgan fingerprint density at radius 2 is 1.90 bits per heavy atom. The van der Waals surface area contributed by atoms with Crippen molar-refractivity contribution in [1.29, 1.82) is 0 Å². The van der Waals surface area contributed by atoms with Gasteiger partial charge in [0.05, 0.1) is 6.54 Å². The molecule has 0 spiro atoms. The van der Waals surface area contributed by atoms with Crippen molar-refractivity contribution in [1.82, 2.24) is 16.0 Å². The van der Waals surface area contributed by atoms with Crippen molar-refractivity contribution >= 4 is 35.8 Å². The van der Waals surface area contributed by atoms with E-state index < -0.39 is 0 Å². The Kier molecular flexibility index (Phi) is 15.6. The lowest BCUT2D eigenvalue weighted by Crippen LogP contribution is -2.40. The summed E-state index contributed by atoms with van der Waals surface area (Å²) in [6.45, 7) is 12.8. The largest absolute Gasteiger partial charge is 0.396 e. The molecule has 0 heterocycles. The van der Waals surface area contributed by atoms with Gasteiger partial charge in [0.25, 0.3) is 5.91 Å². The number of aliphatic imine (C=N–C) groups is 1. The van der Waals surface area contributed by atoms with E-state index in [9.17, 15) is 9.90 Å². The lowest BCUT2D eigenvalue weighted by atomic mass is 9.94.